The van der Waals surface area contributed by atoms with Crippen molar-refractivity contribution in [2.75, 3.05) is 18.0 Å². The first-order valence-electron chi connectivity index (χ1n) is 10.6. The van der Waals surface area contributed by atoms with E-state index in [1.165, 1.54) is 25.5 Å². The molecule has 1 aromatic rings. The summed E-state index contributed by atoms with van der Waals surface area (Å²) in [6.45, 7) is 2.15. The maximum atomic E-state index is 12.1. The van der Waals surface area contributed by atoms with Crippen molar-refractivity contribution in [1.82, 2.24) is 14.9 Å². The predicted molar refractivity (Wildman–Crippen MR) is 109 cm³/mol. The Morgan fingerprint density at radius 1 is 1.11 bits per heavy atom. The molecule has 2 aliphatic carbocycles. The molecule has 1 aliphatic heterocycles. The minimum absolute atomic E-state index is 0.132. The van der Waals surface area contributed by atoms with E-state index in [1.54, 1.807) is 0 Å². The smallest absolute Gasteiger partial charge is 0.254 e. The van der Waals surface area contributed by atoms with E-state index < -0.39 is 5.91 Å². The summed E-state index contributed by atoms with van der Waals surface area (Å²) in [6.07, 6.45) is 10.6. The van der Waals surface area contributed by atoms with Crippen molar-refractivity contribution in [3.8, 4) is 0 Å². The Hall–Kier alpha value is -1.44. The molecule has 0 unspecified atom stereocenters. The minimum atomic E-state index is -0.528. The van der Waals surface area contributed by atoms with Crippen LogP contribution in [0.4, 0.5) is 5.82 Å². The van der Waals surface area contributed by atoms with Crippen LogP contribution in [-0.4, -0.2) is 63.2 Å². The molecule has 2 saturated carbocycles. The highest BCUT2D eigenvalue weighted by Gasteiger charge is 2.36. The van der Waals surface area contributed by atoms with E-state index >= 15 is 0 Å². The number of hydrogen-bond donors (Lipinski definition) is 2. The quantitative estimate of drug-likeness (QED) is 0.727. The lowest BCUT2D eigenvalue weighted by Gasteiger charge is -2.47. The summed E-state index contributed by atoms with van der Waals surface area (Å²) in [5.74, 6) is 0.0374. The summed E-state index contributed by atoms with van der Waals surface area (Å²) in [5.41, 5.74) is 5.96. The zero-order valence-electron chi connectivity index (χ0n) is 16.3. The summed E-state index contributed by atoms with van der Waals surface area (Å²) in [6, 6.07) is 1.28. The van der Waals surface area contributed by atoms with Crippen LogP contribution in [0.15, 0.2) is 6.20 Å². The number of nitrogens with two attached hydrogens (primary N) is 1. The van der Waals surface area contributed by atoms with E-state index in [2.05, 4.69) is 19.8 Å². The number of primary amides is 1. The molecule has 2 heterocycles. The Kier molecular flexibility index (Phi) is 6.04. The van der Waals surface area contributed by atoms with E-state index in [4.69, 9.17) is 17.3 Å². The number of halogens is 1. The Morgan fingerprint density at radius 3 is 2.32 bits per heavy atom. The minimum Gasteiger partial charge on any atom is -0.393 e. The van der Waals surface area contributed by atoms with Gasteiger partial charge in [0.05, 0.1) is 6.10 Å². The molecule has 0 bridgehead atoms. The Labute approximate surface area is 171 Å². The zero-order chi connectivity index (χ0) is 19.7. The molecule has 1 amide bonds. The van der Waals surface area contributed by atoms with Crippen LogP contribution in [0, 0.1) is 0 Å². The van der Waals surface area contributed by atoms with Gasteiger partial charge in [-0.3, -0.25) is 4.79 Å². The van der Waals surface area contributed by atoms with Crippen molar-refractivity contribution in [2.45, 2.75) is 82.0 Å². The van der Waals surface area contributed by atoms with Gasteiger partial charge in [-0.15, -0.1) is 0 Å². The number of rotatable bonds is 5. The largest absolute Gasteiger partial charge is 0.393 e. The fraction of sp³-hybridized carbons (Fsp3) is 0.750. The third-order valence-electron chi connectivity index (χ3n) is 6.79. The van der Waals surface area contributed by atoms with Crippen LogP contribution in [0.1, 0.15) is 68.1 Å². The van der Waals surface area contributed by atoms with Crippen molar-refractivity contribution >= 4 is 23.3 Å². The zero-order valence-corrected chi connectivity index (χ0v) is 17.0. The van der Waals surface area contributed by atoms with Crippen LogP contribution in [0.5, 0.6) is 0 Å². The molecule has 28 heavy (non-hydrogen) atoms. The predicted octanol–water partition coefficient (Wildman–Crippen LogP) is 2.36. The number of carbonyl (C=O) groups is 1. The average Bonchev–Trinajstić information content (AvgIpc) is 2.63. The molecule has 0 spiro atoms. The van der Waals surface area contributed by atoms with Gasteiger partial charge in [0.1, 0.15) is 11.4 Å². The van der Waals surface area contributed by atoms with Crippen LogP contribution < -0.4 is 10.6 Å². The van der Waals surface area contributed by atoms with Crippen LogP contribution in [0.2, 0.25) is 5.28 Å². The van der Waals surface area contributed by atoms with E-state index in [0.29, 0.717) is 17.4 Å². The number of piperidine rings is 1. The number of aliphatic hydroxyl groups is 1. The molecular formula is C20H30ClN5O2. The topological polar surface area (TPSA) is 95.6 Å². The van der Waals surface area contributed by atoms with E-state index in [0.717, 1.165) is 57.7 Å². The van der Waals surface area contributed by atoms with Crippen LogP contribution in [0.25, 0.3) is 0 Å². The van der Waals surface area contributed by atoms with Gasteiger partial charge >= 0.3 is 0 Å². The van der Waals surface area contributed by atoms with Crippen LogP contribution in [0.3, 0.4) is 0 Å². The maximum Gasteiger partial charge on any atom is 0.254 e. The monoisotopic (exact) mass is 407 g/mol. The number of hydrogen-bond acceptors (Lipinski definition) is 6. The highest BCUT2D eigenvalue weighted by atomic mass is 35.5. The average molecular weight is 408 g/mol. The van der Waals surface area contributed by atoms with Crippen molar-refractivity contribution in [3.63, 3.8) is 0 Å². The first-order chi connectivity index (χ1) is 13.5. The fourth-order valence-corrected chi connectivity index (χ4v) is 5.11. The highest BCUT2D eigenvalue weighted by Crippen LogP contribution is 2.35. The normalized spacial score (nSPS) is 27.4. The number of likely N-dealkylation sites (tertiary alicyclic amines) is 1. The number of aliphatic hydroxyl groups excluding tert-OH is 1. The van der Waals surface area contributed by atoms with Crippen LogP contribution >= 0.6 is 11.6 Å². The molecule has 4 rings (SSSR count). The van der Waals surface area contributed by atoms with Crippen molar-refractivity contribution in [1.29, 1.82) is 0 Å². The lowest BCUT2D eigenvalue weighted by molar-refractivity contribution is 0.0894. The highest BCUT2D eigenvalue weighted by molar-refractivity contribution is 6.28. The van der Waals surface area contributed by atoms with Gasteiger partial charge in [0.15, 0.2) is 0 Å². The Morgan fingerprint density at radius 2 is 1.75 bits per heavy atom. The van der Waals surface area contributed by atoms with Crippen molar-refractivity contribution in [2.24, 2.45) is 5.73 Å². The molecule has 0 radical (unpaired) electrons. The molecule has 0 atom stereocenters. The van der Waals surface area contributed by atoms with E-state index in [9.17, 15) is 9.90 Å². The lowest BCUT2D eigenvalue weighted by Crippen LogP contribution is -2.53. The first kappa shape index (κ1) is 19.9. The van der Waals surface area contributed by atoms with E-state index in [-0.39, 0.29) is 17.4 Å². The molecule has 0 aromatic carbocycles. The fourth-order valence-electron chi connectivity index (χ4n) is 4.98. The second-order valence-electron chi connectivity index (χ2n) is 8.46. The molecule has 8 heteroatoms. The Balaban J connectivity index is 1.60. The summed E-state index contributed by atoms with van der Waals surface area (Å²) in [5, 5.41) is 10.1. The van der Waals surface area contributed by atoms with Gasteiger partial charge in [-0.2, -0.15) is 4.98 Å². The molecule has 3 N–H and O–H groups in total. The van der Waals surface area contributed by atoms with Gasteiger partial charge in [-0.05, 0) is 63.0 Å². The number of amides is 1. The molecule has 1 aromatic heterocycles. The molecular weight excluding hydrogens is 378 g/mol. The van der Waals surface area contributed by atoms with Gasteiger partial charge in [0, 0.05) is 37.4 Å². The van der Waals surface area contributed by atoms with E-state index in [1.807, 2.05) is 0 Å². The van der Waals surface area contributed by atoms with Gasteiger partial charge in [0.25, 0.3) is 5.91 Å². The van der Waals surface area contributed by atoms with Crippen molar-refractivity contribution < 1.29 is 9.90 Å². The van der Waals surface area contributed by atoms with Crippen molar-refractivity contribution in [3.05, 3.63) is 17.0 Å². The summed E-state index contributed by atoms with van der Waals surface area (Å²) in [4.78, 5) is 25.4. The SMILES string of the molecule is NC(=O)c1cnc(Cl)nc1N(C1CCC(O)CC1)C1CCN(C2CCC2)CC1. The molecule has 154 valence electrons. The summed E-state index contributed by atoms with van der Waals surface area (Å²) < 4.78 is 0. The number of nitrogens with zero attached hydrogens (tertiary/aromatic N) is 4. The van der Waals surface area contributed by atoms with Gasteiger partial charge in [-0.1, -0.05) is 6.42 Å². The molecule has 1 saturated heterocycles. The second kappa shape index (κ2) is 8.51. The summed E-state index contributed by atoms with van der Waals surface area (Å²) in [7, 11) is 0. The third kappa shape index (κ3) is 4.11. The lowest BCUT2D eigenvalue weighted by atomic mass is 9.87. The Bertz CT molecular complexity index is 698. The standard InChI is InChI=1S/C20H30ClN5O2/c21-20-23-12-17(18(22)28)19(24-20)26(14-4-6-16(27)7-5-14)15-8-10-25(11-9-15)13-2-1-3-13/h12-16,27H,1-11H2,(H2,22,28). The van der Waals surface area contributed by atoms with Gasteiger partial charge in [-0.25, -0.2) is 4.98 Å². The van der Waals surface area contributed by atoms with Crippen LogP contribution in [-0.2, 0) is 0 Å². The first-order valence-corrected chi connectivity index (χ1v) is 10.9. The van der Waals surface area contributed by atoms with Gasteiger partial charge in [0.2, 0.25) is 5.28 Å². The molecule has 3 aliphatic rings. The third-order valence-corrected chi connectivity index (χ3v) is 6.97. The number of carbonyl (C=O) groups excluding carboxylic acids is 1. The molecule has 3 fully saturated rings. The second-order valence-corrected chi connectivity index (χ2v) is 8.80. The summed E-state index contributed by atoms with van der Waals surface area (Å²) >= 11 is 6.11. The number of anilines is 1. The molecule has 7 nitrogen and oxygen atoms in total. The van der Waals surface area contributed by atoms with Gasteiger partial charge < -0.3 is 20.6 Å². The number of aromatic nitrogens is 2. The maximum absolute atomic E-state index is 12.1.